The van der Waals surface area contributed by atoms with Gasteiger partial charge in [-0.05, 0) is 36.5 Å². The van der Waals surface area contributed by atoms with Gasteiger partial charge in [0.15, 0.2) is 0 Å². The second-order valence-electron chi connectivity index (χ2n) is 8.75. The average molecular weight is 503 g/mol. The molecule has 2 rings (SSSR count). The van der Waals surface area contributed by atoms with Crippen LogP contribution in [0.5, 0.6) is 0 Å². The molecule has 0 aliphatic carbocycles. The summed E-state index contributed by atoms with van der Waals surface area (Å²) < 4.78 is 25.6. The molecule has 1 heterocycles. The zero-order chi connectivity index (χ0) is 25.8. The molecule has 9 nitrogen and oxygen atoms in total. The van der Waals surface area contributed by atoms with Crippen molar-refractivity contribution in [1.29, 1.82) is 0 Å². The number of hydroxylamine groups is 1. The Balaban J connectivity index is 2.23. The number of sulfonamides is 1. The number of amides is 2. The number of allylic oxidation sites excluding steroid dienone is 1. The molecule has 0 saturated heterocycles. The van der Waals surface area contributed by atoms with E-state index in [9.17, 15) is 23.2 Å². The van der Waals surface area contributed by atoms with Crippen LogP contribution in [0.4, 0.5) is 0 Å². The first-order chi connectivity index (χ1) is 16.6. The van der Waals surface area contributed by atoms with Gasteiger partial charge < -0.3 is 0 Å². The molecule has 0 unspecified atom stereocenters. The van der Waals surface area contributed by atoms with Gasteiger partial charge in [-0.1, -0.05) is 62.4 Å². The molecule has 2 amide bonds. The Morgan fingerprint density at radius 3 is 2.31 bits per heavy atom. The Bertz CT molecular complexity index is 1080. The summed E-state index contributed by atoms with van der Waals surface area (Å²) in [6.45, 7) is 3.80. The predicted octanol–water partition coefficient (Wildman–Crippen LogP) is 2.80. The average Bonchev–Trinajstić information content (AvgIpc) is 2.83. The summed E-state index contributed by atoms with van der Waals surface area (Å²) in [6, 6.07) is 14.8. The molecule has 2 aromatic rings. The lowest BCUT2D eigenvalue weighted by molar-refractivity contribution is -0.141. The summed E-state index contributed by atoms with van der Waals surface area (Å²) >= 11 is 0. The van der Waals surface area contributed by atoms with Crippen LogP contribution < -0.4 is 10.9 Å². The second-order valence-corrected chi connectivity index (χ2v) is 10.7. The fourth-order valence-electron chi connectivity index (χ4n) is 3.69. The van der Waals surface area contributed by atoms with Crippen molar-refractivity contribution >= 4 is 27.9 Å². The number of hydrogen-bond acceptors (Lipinski definition) is 6. The van der Waals surface area contributed by atoms with Gasteiger partial charge in [0.25, 0.3) is 0 Å². The molecule has 190 valence electrons. The lowest BCUT2D eigenvalue weighted by Crippen LogP contribution is -2.51. The van der Waals surface area contributed by atoms with Crippen LogP contribution in [-0.2, 0) is 26.0 Å². The summed E-state index contributed by atoms with van der Waals surface area (Å²) in [5.41, 5.74) is 5.76. The van der Waals surface area contributed by atoms with Crippen molar-refractivity contribution in [3.8, 4) is 0 Å². The predicted molar refractivity (Wildman–Crippen MR) is 134 cm³/mol. The molecule has 0 aliphatic rings. The number of pyridine rings is 1. The second kappa shape index (κ2) is 13.7. The van der Waals surface area contributed by atoms with Gasteiger partial charge in [0.1, 0.15) is 0 Å². The zero-order valence-electron chi connectivity index (χ0n) is 20.3. The van der Waals surface area contributed by atoms with E-state index in [-0.39, 0.29) is 18.9 Å². The number of carbonyl (C=O) groups excluding carboxylic acids is 2. The van der Waals surface area contributed by atoms with Crippen LogP contribution in [-0.4, -0.2) is 47.6 Å². The maximum absolute atomic E-state index is 13.3. The first-order valence-electron chi connectivity index (χ1n) is 11.5. The molecule has 3 N–H and O–H groups in total. The Morgan fingerprint density at radius 1 is 1.06 bits per heavy atom. The van der Waals surface area contributed by atoms with Crippen LogP contribution in [0.2, 0.25) is 0 Å². The first kappa shape index (κ1) is 28.2. The Morgan fingerprint density at radius 2 is 1.74 bits per heavy atom. The summed E-state index contributed by atoms with van der Waals surface area (Å²) in [4.78, 5) is 30.1. The molecular weight excluding hydrogens is 468 g/mol. The van der Waals surface area contributed by atoms with Crippen molar-refractivity contribution in [2.75, 3.05) is 12.8 Å². The number of aromatic nitrogens is 1. The number of benzene rings is 1. The van der Waals surface area contributed by atoms with Gasteiger partial charge >= 0.3 is 0 Å². The number of nitrogens with zero attached hydrogens (tertiary/aromatic N) is 2. The molecule has 0 radical (unpaired) electrons. The standard InChI is InChI=1S/C25H34N4O5S/c1-19(2)18-23(22(25(31)28-32)14-9-12-20-10-5-4-6-11-20)24(30)27-29(35(3,33)34)17-15-21-13-7-8-16-26-21/h4-13,16,19,22-23,32H,14-15,17-18H2,1-3H3,(H,27,30)(H,28,31)/b12-9+/t22-,23+/m0/s1. The first-order valence-corrected chi connectivity index (χ1v) is 13.3. The monoisotopic (exact) mass is 502 g/mol. The van der Waals surface area contributed by atoms with E-state index in [4.69, 9.17) is 0 Å². The molecule has 0 saturated carbocycles. The maximum Gasteiger partial charge on any atom is 0.247 e. The van der Waals surface area contributed by atoms with E-state index in [1.807, 2.05) is 50.3 Å². The summed E-state index contributed by atoms with van der Waals surface area (Å²) in [5, 5.41) is 9.34. The fraction of sp³-hybridized carbons (Fsp3) is 0.400. The van der Waals surface area contributed by atoms with Crippen LogP contribution in [0, 0.1) is 17.8 Å². The van der Waals surface area contributed by atoms with E-state index in [0.717, 1.165) is 16.2 Å². The van der Waals surface area contributed by atoms with Crippen molar-refractivity contribution in [3.63, 3.8) is 0 Å². The normalized spacial score (nSPS) is 13.7. The molecule has 0 spiro atoms. The fourth-order valence-corrected chi connectivity index (χ4v) is 4.37. The Hall–Kier alpha value is -3.08. The Kier molecular flexibility index (Phi) is 11.0. The summed E-state index contributed by atoms with van der Waals surface area (Å²) in [7, 11) is -3.79. The van der Waals surface area contributed by atoms with Crippen molar-refractivity contribution in [2.24, 2.45) is 17.8 Å². The van der Waals surface area contributed by atoms with Crippen LogP contribution in [0.3, 0.4) is 0 Å². The minimum atomic E-state index is -3.79. The Labute approximate surface area is 207 Å². The molecule has 0 bridgehead atoms. The van der Waals surface area contributed by atoms with Crippen molar-refractivity contribution in [2.45, 2.75) is 33.1 Å². The molecular formula is C25H34N4O5S. The number of hydrazine groups is 1. The highest BCUT2D eigenvalue weighted by Gasteiger charge is 2.35. The van der Waals surface area contributed by atoms with Gasteiger partial charge in [-0.15, -0.1) is 4.41 Å². The minimum absolute atomic E-state index is 0.0131. The number of nitrogens with one attached hydrogen (secondary N) is 2. The smallest absolute Gasteiger partial charge is 0.247 e. The highest BCUT2D eigenvalue weighted by atomic mass is 32.2. The number of hydrogen-bond donors (Lipinski definition) is 3. The molecule has 2 atom stereocenters. The van der Waals surface area contributed by atoms with Crippen molar-refractivity contribution < 1.29 is 23.2 Å². The third-order valence-corrected chi connectivity index (χ3v) is 6.50. The summed E-state index contributed by atoms with van der Waals surface area (Å²) in [5.74, 6) is -3.05. The van der Waals surface area contributed by atoms with Crippen LogP contribution >= 0.6 is 0 Å². The molecule has 0 fully saturated rings. The zero-order valence-corrected chi connectivity index (χ0v) is 21.1. The van der Waals surface area contributed by atoms with Gasteiger partial charge in [-0.2, -0.15) is 0 Å². The molecule has 1 aromatic heterocycles. The molecule has 1 aromatic carbocycles. The molecule has 35 heavy (non-hydrogen) atoms. The van der Waals surface area contributed by atoms with E-state index in [0.29, 0.717) is 18.5 Å². The van der Waals surface area contributed by atoms with Gasteiger partial charge in [0.2, 0.25) is 21.8 Å². The minimum Gasteiger partial charge on any atom is -0.289 e. The van der Waals surface area contributed by atoms with Gasteiger partial charge in [0, 0.05) is 24.9 Å². The summed E-state index contributed by atoms with van der Waals surface area (Å²) in [6.07, 6.45) is 7.01. The van der Waals surface area contributed by atoms with Gasteiger partial charge in [0.05, 0.1) is 18.1 Å². The van der Waals surface area contributed by atoms with Crippen LogP contribution in [0.25, 0.3) is 6.08 Å². The van der Waals surface area contributed by atoms with Gasteiger partial charge in [-0.3, -0.25) is 25.2 Å². The lowest BCUT2D eigenvalue weighted by Gasteiger charge is -2.28. The number of rotatable bonds is 13. The van der Waals surface area contributed by atoms with E-state index in [1.54, 1.807) is 36.0 Å². The van der Waals surface area contributed by atoms with E-state index < -0.39 is 33.7 Å². The highest BCUT2D eigenvalue weighted by Crippen LogP contribution is 2.26. The molecule has 0 aliphatic heterocycles. The van der Waals surface area contributed by atoms with Crippen molar-refractivity contribution in [1.82, 2.24) is 20.3 Å². The van der Waals surface area contributed by atoms with E-state index in [2.05, 4.69) is 10.4 Å². The highest BCUT2D eigenvalue weighted by molar-refractivity contribution is 7.88. The van der Waals surface area contributed by atoms with Gasteiger partial charge in [-0.25, -0.2) is 13.9 Å². The van der Waals surface area contributed by atoms with E-state index >= 15 is 0 Å². The third-order valence-electron chi connectivity index (χ3n) is 5.43. The quantitative estimate of drug-likeness (QED) is 0.285. The van der Waals surface area contributed by atoms with Crippen LogP contribution in [0.15, 0.2) is 60.8 Å². The maximum atomic E-state index is 13.3. The topological polar surface area (TPSA) is 129 Å². The van der Waals surface area contributed by atoms with Crippen LogP contribution in [0.1, 0.15) is 37.9 Å². The molecule has 10 heteroatoms. The SMILES string of the molecule is CC(C)C[C@@H](C(=O)NN(CCc1ccccn1)S(C)(=O)=O)[C@H](C/C=C/c1ccccc1)C(=O)NO. The van der Waals surface area contributed by atoms with E-state index in [1.165, 1.54) is 0 Å². The lowest BCUT2D eigenvalue weighted by atomic mass is 9.82. The number of carbonyl (C=O) groups is 2. The third kappa shape index (κ3) is 9.59. The largest absolute Gasteiger partial charge is 0.289 e. The van der Waals surface area contributed by atoms with Crippen molar-refractivity contribution in [3.05, 3.63) is 72.1 Å².